The number of hydrogen-bond acceptors (Lipinski definition) is 7. The first-order valence-corrected chi connectivity index (χ1v) is 9.67. The van der Waals surface area contributed by atoms with Crippen molar-refractivity contribution in [3.05, 3.63) is 105 Å². The Balaban J connectivity index is 1.64. The van der Waals surface area contributed by atoms with Gasteiger partial charge in [0, 0.05) is 28.8 Å². The molecule has 0 radical (unpaired) electrons. The summed E-state index contributed by atoms with van der Waals surface area (Å²) in [5.74, 6) is -0.613. The van der Waals surface area contributed by atoms with Gasteiger partial charge in [-0.25, -0.2) is 4.99 Å². The molecule has 0 aliphatic carbocycles. The standard InChI is InChI=1S/C23H15N5O5/c24-12-19(23(30)25-13-16-7-4-10-33-16)20-17-8-1-2-9-18(17)21(26-20)27-22(29)14-5-3-6-15(11-14)28(31)32/h1-11H,13H2,(H,25,30)(H,26,27,29)/b20-19-. The molecule has 3 aromatic rings. The molecule has 2 heterocycles. The van der Waals surface area contributed by atoms with Gasteiger partial charge in [0.05, 0.1) is 23.4 Å². The van der Waals surface area contributed by atoms with E-state index < -0.39 is 16.7 Å². The first kappa shape index (κ1) is 21.2. The summed E-state index contributed by atoms with van der Waals surface area (Å²) in [5.41, 5.74) is 0.734. The molecule has 33 heavy (non-hydrogen) atoms. The lowest BCUT2D eigenvalue weighted by atomic mass is 10.0. The van der Waals surface area contributed by atoms with Crippen molar-refractivity contribution >= 4 is 29.0 Å². The lowest BCUT2D eigenvalue weighted by Gasteiger charge is -2.06. The highest BCUT2D eigenvalue weighted by molar-refractivity contribution is 6.20. The van der Waals surface area contributed by atoms with E-state index in [2.05, 4.69) is 15.6 Å². The third kappa shape index (κ3) is 4.38. The quantitative estimate of drug-likeness (QED) is 0.269. The number of furan rings is 1. The van der Waals surface area contributed by atoms with Crippen molar-refractivity contribution in [2.75, 3.05) is 0 Å². The van der Waals surface area contributed by atoms with Gasteiger partial charge in [0.2, 0.25) is 0 Å². The van der Waals surface area contributed by atoms with Gasteiger partial charge in [0.1, 0.15) is 23.2 Å². The SMILES string of the molecule is N#C/C(C(=O)NCc1ccco1)=C1/N=C(NC(=O)c2cccc([N+](=O)[O-])c2)c2ccccc21. The van der Waals surface area contributed by atoms with Gasteiger partial charge in [0.15, 0.2) is 0 Å². The molecular formula is C23H15N5O5. The van der Waals surface area contributed by atoms with Crippen molar-refractivity contribution in [3.63, 3.8) is 0 Å². The van der Waals surface area contributed by atoms with Crippen molar-refractivity contribution in [1.82, 2.24) is 10.6 Å². The number of nitro benzene ring substituents is 1. The Labute approximate surface area is 187 Å². The van der Waals surface area contributed by atoms with Gasteiger partial charge in [-0.3, -0.25) is 19.7 Å². The van der Waals surface area contributed by atoms with Crippen LogP contribution in [-0.2, 0) is 11.3 Å². The Bertz CT molecular complexity index is 1370. The van der Waals surface area contributed by atoms with Crippen molar-refractivity contribution in [1.29, 1.82) is 5.26 Å². The Morgan fingerprint density at radius 1 is 1.09 bits per heavy atom. The van der Waals surface area contributed by atoms with Gasteiger partial charge in [-0.15, -0.1) is 0 Å². The highest BCUT2D eigenvalue weighted by atomic mass is 16.6. The number of amidine groups is 1. The number of fused-ring (bicyclic) bond motifs is 1. The van der Waals surface area contributed by atoms with Crippen molar-refractivity contribution in [2.45, 2.75) is 6.54 Å². The van der Waals surface area contributed by atoms with Crippen LogP contribution in [0.3, 0.4) is 0 Å². The molecule has 1 aromatic heterocycles. The minimum Gasteiger partial charge on any atom is -0.467 e. The van der Waals surface area contributed by atoms with Crippen LogP contribution in [0.25, 0.3) is 5.70 Å². The number of carbonyl (C=O) groups is 2. The minimum atomic E-state index is -0.645. The second kappa shape index (κ2) is 8.99. The molecule has 0 atom stereocenters. The van der Waals surface area contributed by atoms with Crippen molar-refractivity contribution in [3.8, 4) is 6.07 Å². The van der Waals surface area contributed by atoms with E-state index in [1.165, 1.54) is 24.5 Å². The summed E-state index contributed by atoms with van der Waals surface area (Å²) < 4.78 is 5.17. The number of aliphatic imine (C=N–C) groups is 1. The third-order valence-corrected chi connectivity index (χ3v) is 4.79. The highest BCUT2D eigenvalue weighted by Gasteiger charge is 2.27. The molecule has 0 saturated heterocycles. The van der Waals surface area contributed by atoms with Crippen LogP contribution in [0.15, 0.2) is 81.9 Å². The third-order valence-electron chi connectivity index (χ3n) is 4.79. The average molecular weight is 441 g/mol. The molecule has 2 amide bonds. The first-order chi connectivity index (χ1) is 16.0. The normalized spacial score (nSPS) is 13.4. The molecule has 0 spiro atoms. The summed E-state index contributed by atoms with van der Waals surface area (Å²) in [5, 5.41) is 25.9. The fourth-order valence-corrected chi connectivity index (χ4v) is 3.23. The summed E-state index contributed by atoms with van der Waals surface area (Å²) >= 11 is 0. The number of nitrogens with zero attached hydrogens (tertiary/aromatic N) is 3. The highest BCUT2D eigenvalue weighted by Crippen LogP contribution is 2.30. The maximum absolute atomic E-state index is 12.7. The van der Waals surface area contributed by atoms with Crippen LogP contribution >= 0.6 is 0 Å². The summed E-state index contributed by atoms with van der Waals surface area (Å²) in [7, 11) is 0. The predicted molar refractivity (Wildman–Crippen MR) is 117 cm³/mol. The summed E-state index contributed by atoms with van der Waals surface area (Å²) in [4.78, 5) is 40.1. The zero-order chi connectivity index (χ0) is 23.4. The van der Waals surface area contributed by atoms with Crippen LogP contribution in [-0.4, -0.2) is 22.6 Å². The number of carbonyl (C=O) groups excluding carboxylic acids is 2. The Morgan fingerprint density at radius 3 is 2.58 bits per heavy atom. The van der Waals surface area contributed by atoms with Crippen LogP contribution in [0.4, 0.5) is 5.69 Å². The Kier molecular flexibility index (Phi) is 5.77. The Hall–Kier alpha value is -5.04. The lowest BCUT2D eigenvalue weighted by molar-refractivity contribution is -0.384. The van der Waals surface area contributed by atoms with Crippen LogP contribution in [0, 0.1) is 21.4 Å². The number of hydrogen-bond donors (Lipinski definition) is 2. The molecule has 0 bridgehead atoms. The van der Waals surface area contributed by atoms with Gasteiger partial charge in [0.25, 0.3) is 17.5 Å². The largest absolute Gasteiger partial charge is 0.467 e. The maximum Gasteiger partial charge on any atom is 0.270 e. The molecule has 10 heteroatoms. The topological polar surface area (TPSA) is 151 Å². The molecule has 0 fully saturated rings. The second-order valence-corrected chi connectivity index (χ2v) is 6.87. The molecule has 1 aliphatic heterocycles. The molecule has 162 valence electrons. The van der Waals surface area contributed by atoms with Crippen LogP contribution in [0.1, 0.15) is 27.2 Å². The van der Waals surface area contributed by atoms with E-state index in [4.69, 9.17) is 4.42 Å². The van der Waals surface area contributed by atoms with E-state index in [0.29, 0.717) is 16.9 Å². The second-order valence-electron chi connectivity index (χ2n) is 6.87. The van der Waals surface area contributed by atoms with Crippen LogP contribution in [0.2, 0.25) is 0 Å². The van der Waals surface area contributed by atoms with E-state index in [1.54, 1.807) is 36.4 Å². The molecule has 10 nitrogen and oxygen atoms in total. The van der Waals surface area contributed by atoms with Gasteiger partial charge >= 0.3 is 0 Å². The molecule has 2 N–H and O–H groups in total. The zero-order valence-electron chi connectivity index (χ0n) is 16.9. The predicted octanol–water partition coefficient (Wildman–Crippen LogP) is 2.93. The van der Waals surface area contributed by atoms with Crippen molar-refractivity contribution in [2.24, 2.45) is 4.99 Å². The fourth-order valence-electron chi connectivity index (χ4n) is 3.23. The number of nitro groups is 1. The van der Waals surface area contributed by atoms with Gasteiger partial charge < -0.3 is 15.1 Å². The minimum absolute atomic E-state index is 0.0681. The Morgan fingerprint density at radius 2 is 1.88 bits per heavy atom. The van der Waals surface area contributed by atoms with Crippen LogP contribution < -0.4 is 10.6 Å². The zero-order valence-corrected chi connectivity index (χ0v) is 16.9. The number of non-ortho nitro benzene ring substituents is 1. The monoisotopic (exact) mass is 441 g/mol. The number of rotatable bonds is 5. The molecule has 2 aromatic carbocycles. The van der Waals surface area contributed by atoms with E-state index in [9.17, 15) is 25.0 Å². The maximum atomic E-state index is 12.7. The molecular weight excluding hydrogens is 426 g/mol. The van der Waals surface area contributed by atoms with Gasteiger partial charge in [-0.2, -0.15) is 5.26 Å². The summed E-state index contributed by atoms with van der Waals surface area (Å²) in [6.45, 7) is 0.0893. The van der Waals surface area contributed by atoms with E-state index in [-0.39, 0.29) is 34.9 Å². The number of amides is 2. The van der Waals surface area contributed by atoms with E-state index in [1.807, 2.05) is 6.07 Å². The smallest absolute Gasteiger partial charge is 0.270 e. The molecule has 4 rings (SSSR count). The summed E-state index contributed by atoms with van der Waals surface area (Å²) in [6, 6.07) is 17.3. The average Bonchev–Trinajstić information content (AvgIpc) is 3.47. The van der Waals surface area contributed by atoms with E-state index in [0.717, 1.165) is 6.07 Å². The fraction of sp³-hybridized carbons (Fsp3) is 0.0435. The van der Waals surface area contributed by atoms with Crippen LogP contribution in [0.5, 0.6) is 0 Å². The number of nitrogens with one attached hydrogen (secondary N) is 2. The molecule has 0 unspecified atom stereocenters. The number of nitriles is 1. The van der Waals surface area contributed by atoms with Gasteiger partial charge in [-0.1, -0.05) is 30.3 Å². The lowest BCUT2D eigenvalue weighted by Crippen LogP contribution is -2.30. The first-order valence-electron chi connectivity index (χ1n) is 9.67. The van der Waals surface area contributed by atoms with Gasteiger partial charge in [-0.05, 0) is 18.2 Å². The van der Waals surface area contributed by atoms with E-state index >= 15 is 0 Å². The molecule has 0 saturated carbocycles. The number of benzene rings is 2. The van der Waals surface area contributed by atoms with Crippen molar-refractivity contribution < 1.29 is 18.9 Å². The summed E-state index contributed by atoms with van der Waals surface area (Å²) in [6.07, 6.45) is 1.47. The molecule has 1 aliphatic rings.